The van der Waals surface area contributed by atoms with Gasteiger partial charge in [0.2, 0.25) is 5.91 Å². The first kappa shape index (κ1) is 11.9. The molecule has 0 unspecified atom stereocenters. The number of likely N-dealkylation sites (tertiary alicyclic amines) is 1. The fourth-order valence-corrected chi connectivity index (χ4v) is 2.50. The molecule has 1 aliphatic heterocycles. The second-order valence-corrected chi connectivity index (χ2v) is 4.60. The van der Waals surface area contributed by atoms with Crippen LogP contribution in [0, 0.1) is 0 Å². The van der Waals surface area contributed by atoms with Gasteiger partial charge in [-0.2, -0.15) is 0 Å². The van der Waals surface area contributed by atoms with Gasteiger partial charge in [-0.05, 0) is 31.4 Å². The molecular formula is C13H18N2O2. The van der Waals surface area contributed by atoms with Crippen LogP contribution in [-0.2, 0) is 11.8 Å². The number of pyridine rings is 1. The Bertz CT molecular complexity index is 479. The van der Waals surface area contributed by atoms with Crippen molar-refractivity contribution >= 4 is 5.91 Å². The summed E-state index contributed by atoms with van der Waals surface area (Å²) in [5.41, 5.74) is 0.746. The van der Waals surface area contributed by atoms with Crippen LogP contribution in [0.5, 0.6) is 0 Å². The second kappa shape index (κ2) is 4.73. The van der Waals surface area contributed by atoms with Gasteiger partial charge in [0.25, 0.3) is 5.56 Å². The van der Waals surface area contributed by atoms with E-state index in [0.717, 1.165) is 31.4 Å². The van der Waals surface area contributed by atoms with Crippen molar-refractivity contribution in [1.29, 1.82) is 0 Å². The Morgan fingerprint density at radius 3 is 2.88 bits per heavy atom. The Morgan fingerprint density at radius 2 is 2.18 bits per heavy atom. The van der Waals surface area contributed by atoms with Crippen molar-refractivity contribution in [3.05, 3.63) is 34.2 Å². The van der Waals surface area contributed by atoms with Gasteiger partial charge in [-0.15, -0.1) is 0 Å². The number of piperidine rings is 1. The molecule has 1 aliphatic rings. The van der Waals surface area contributed by atoms with Crippen molar-refractivity contribution in [3.63, 3.8) is 0 Å². The summed E-state index contributed by atoms with van der Waals surface area (Å²) >= 11 is 0. The van der Waals surface area contributed by atoms with Gasteiger partial charge in [0.05, 0.1) is 6.04 Å². The summed E-state index contributed by atoms with van der Waals surface area (Å²) in [6.07, 6.45) is 4.74. The van der Waals surface area contributed by atoms with Crippen molar-refractivity contribution in [2.75, 3.05) is 6.54 Å². The van der Waals surface area contributed by atoms with Crippen LogP contribution < -0.4 is 5.56 Å². The minimum Gasteiger partial charge on any atom is -0.336 e. The summed E-state index contributed by atoms with van der Waals surface area (Å²) < 4.78 is 1.57. The lowest BCUT2D eigenvalue weighted by Gasteiger charge is -2.35. The van der Waals surface area contributed by atoms with Crippen LogP contribution in [0.1, 0.15) is 37.8 Å². The minimum absolute atomic E-state index is 0.00523. The summed E-state index contributed by atoms with van der Waals surface area (Å²) in [5, 5.41) is 0. The molecule has 2 heterocycles. The maximum Gasteiger partial charge on any atom is 0.255 e. The van der Waals surface area contributed by atoms with E-state index in [4.69, 9.17) is 0 Å². The molecular weight excluding hydrogens is 216 g/mol. The third-order valence-corrected chi connectivity index (χ3v) is 3.42. The lowest BCUT2D eigenvalue weighted by atomic mass is 9.96. The highest BCUT2D eigenvalue weighted by atomic mass is 16.2. The van der Waals surface area contributed by atoms with E-state index < -0.39 is 0 Å². The normalized spacial score (nSPS) is 20.4. The Kier molecular flexibility index (Phi) is 3.31. The van der Waals surface area contributed by atoms with Crippen molar-refractivity contribution in [2.45, 2.75) is 32.2 Å². The number of hydrogen-bond acceptors (Lipinski definition) is 2. The van der Waals surface area contributed by atoms with Crippen molar-refractivity contribution in [3.8, 4) is 0 Å². The smallest absolute Gasteiger partial charge is 0.255 e. The molecule has 0 bridgehead atoms. The van der Waals surface area contributed by atoms with Crippen LogP contribution in [0.4, 0.5) is 0 Å². The van der Waals surface area contributed by atoms with E-state index in [1.165, 1.54) is 0 Å². The summed E-state index contributed by atoms with van der Waals surface area (Å²) in [6, 6.07) is 3.67. The van der Waals surface area contributed by atoms with Crippen molar-refractivity contribution in [2.24, 2.45) is 7.05 Å². The van der Waals surface area contributed by atoms with E-state index in [1.54, 1.807) is 24.7 Å². The summed E-state index contributed by atoms with van der Waals surface area (Å²) in [5.74, 6) is 0.0561. The lowest BCUT2D eigenvalue weighted by molar-refractivity contribution is -0.132. The molecule has 17 heavy (non-hydrogen) atoms. The van der Waals surface area contributed by atoms with Gasteiger partial charge in [-0.3, -0.25) is 9.59 Å². The first-order valence-corrected chi connectivity index (χ1v) is 6.04. The van der Waals surface area contributed by atoms with Crippen LogP contribution >= 0.6 is 0 Å². The molecule has 4 heteroatoms. The molecule has 0 spiro atoms. The number of carbonyl (C=O) groups excluding carboxylic acids is 1. The van der Waals surface area contributed by atoms with E-state index in [0.29, 0.717) is 0 Å². The molecule has 1 saturated heterocycles. The van der Waals surface area contributed by atoms with Gasteiger partial charge in [0, 0.05) is 32.3 Å². The van der Waals surface area contributed by atoms with Crippen LogP contribution in [0.25, 0.3) is 0 Å². The number of rotatable bonds is 1. The standard InChI is InChI=1S/C13H18N2O2/c1-10(16)15-9-4-3-7-12(15)11-6-5-8-14(2)13(11)17/h5-6,8,12H,3-4,7,9H2,1-2H3/t12-/m0/s1. The quantitative estimate of drug-likeness (QED) is 0.738. The zero-order valence-corrected chi connectivity index (χ0v) is 10.3. The summed E-state index contributed by atoms with van der Waals surface area (Å²) in [6.45, 7) is 2.34. The van der Waals surface area contributed by atoms with Gasteiger partial charge < -0.3 is 9.47 Å². The summed E-state index contributed by atoms with van der Waals surface area (Å²) in [7, 11) is 1.74. The monoisotopic (exact) mass is 234 g/mol. The Balaban J connectivity index is 2.40. The molecule has 1 fully saturated rings. The molecule has 0 N–H and O–H groups in total. The molecule has 1 aromatic heterocycles. The first-order valence-electron chi connectivity index (χ1n) is 6.04. The van der Waals surface area contributed by atoms with Crippen molar-refractivity contribution < 1.29 is 4.79 Å². The maximum atomic E-state index is 12.1. The zero-order chi connectivity index (χ0) is 12.4. The first-order chi connectivity index (χ1) is 8.11. The second-order valence-electron chi connectivity index (χ2n) is 4.60. The average molecular weight is 234 g/mol. The van der Waals surface area contributed by atoms with Crippen LogP contribution in [-0.4, -0.2) is 21.9 Å². The molecule has 1 amide bonds. The van der Waals surface area contributed by atoms with E-state index >= 15 is 0 Å². The van der Waals surface area contributed by atoms with Crippen LogP contribution in [0.3, 0.4) is 0 Å². The molecule has 2 rings (SSSR count). The molecule has 1 aromatic rings. The van der Waals surface area contributed by atoms with E-state index in [1.807, 2.05) is 17.0 Å². The average Bonchev–Trinajstić information content (AvgIpc) is 2.33. The molecule has 0 aromatic carbocycles. The van der Waals surface area contributed by atoms with Crippen LogP contribution in [0.2, 0.25) is 0 Å². The fraction of sp³-hybridized carbons (Fsp3) is 0.538. The molecule has 1 atom stereocenters. The van der Waals surface area contributed by atoms with Crippen molar-refractivity contribution in [1.82, 2.24) is 9.47 Å². The number of nitrogens with zero attached hydrogens (tertiary/aromatic N) is 2. The maximum absolute atomic E-state index is 12.1. The zero-order valence-electron chi connectivity index (χ0n) is 10.3. The largest absolute Gasteiger partial charge is 0.336 e. The molecule has 92 valence electrons. The molecule has 0 aliphatic carbocycles. The fourth-order valence-electron chi connectivity index (χ4n) is 2.50. The number of carbonyl (C=O) groups is 1. The topological polar surface area (TPSA) is 42.3 Å². The van der Waals surface area contributed by atoms with Gasteiger partial charge in [-0.1, -0.05) is 0 Å². The minimum atomic E-state index is -0.0406. The number of aromatic nitrogens is 1. The summed E-state index contributed by atoms with van der Waals surface area (Å²) in [4.78, 5) is 25.5. The lowest BCUT2D eigenvalue weighted by Crippen LogP contribution is -2.40. The van der Waals surface area contributed by atoms with Gasteiger partial charge in [-0.25, -0.2) is 0 Å². The highest BCUT2D eigenvalue weighted by molar-refractivity contribution is 5.73. The highest BCUT2D eigenvalue weighted by Gasteiger charge is 2.27. The third-order valence-electron chi connectivity index (χ3n) is 3.42. The van der Waals surface area contributed by atoms with E-state index in [9.17, 15) is 9.59 Å². The van der Waals surface area contributed by atoms with Gasteiger partial charge >= 0.3 is 0 Å². The predicted molar refractivity (Wildman–Crippen MR) is 65.7 cm³/mol. The predicted octanol–water partition coefficient (Wildman–Crippen LogP) is 1.46. The Morgan fingerprint density at radius 1 is 1.41 bits per heavy atom. The Hall–Kier alpha value is -1.58. The number of hydrogen-bond donors (Lipinski definition) is 0. The van der Waals surface area contributed by atoms with E-state index in [-0.39, 0.29) is 17.5 Å². The van der Waals surface area contributed by atoms with E-state index in [2.05, 4.69) is 0 Å². The Labute approximate surface area is 101 Å². The van der Waals surface area contributed by atoms with Gasteiger partial charge in [0.15, 0.2) is 0 Å². The third kappa shape index (κ3) is 2.25. The number of amides is 1. The molecule has 0 radical (unpaired) electrons. The molecule has 4 nitrogen and oxygen atoms in total. The SMILES string of the molecule is CC(=O)N1CCCC[C@H]1c1cccn(C)c1=O. The van der Waals surface area contributed by atoms with Crippen LogP contribution in [0.15, 0.2) is 23.1 Å². The van der Waals surface area contributed by atoms with Gasteiger partial charge in [0.1, 0.15) is 0 Å². The molecule has 0 saturated carbocycles. The number of aryl methyl sites for hydroxylation is 1. The highest BCUT2D eigenvalue weighted by Crippen LogP contribution is 2.28.